The van der Waals surface area contributed by atoms with Crippen LogP contribution >= 0.6 is 0 Å². The molecule has 5 fully saturated rings. The number of aliphatic hydroxyl groups excluding tert-OH is 1. The average molecular weight is 336 g/mol. The lowest BCUT2D eigenvalue weighted by molar-refractivity contribution is -0.210. The number of hydrogen-bond acceptors (Lipinski definition) is 4. The molecule has 5 nitrogen and oxygen atoms in total. The first-order valence-corrected chi connectivity index (χ1v) is 9.77. The van der Waals surface area contributed by atoms with Gasteiger partial charge in [-0.25, -0.2) is 0 Å². The highest BCUT2D eigenvalue weighted by atomic mass is 16.3. The molecule has 4 saturated carbocycles. The van der Waals surface area contributed by atoms with E-state index in [0.29, 0.717) is 24.8 Å². The van der Waals surface area contributed by atoms with Gasteiger partial charge in [-0.15, -0.1) is 0 Å². The summed E-state index contributed by atoms with van der Waals surface area (Å²) in [6.07, 6.45) is 6.79. The molecule has 24 heavy (non-hydrogen) atoms. The van der Waals surface area contributed by atoms with E-state index in [1.807, 2.05) is 4.90 Å². The Morgan fingerprint density at radius 2 is 1.83 bits per heavy atom. The lowest BCUT2D eigenvalue weighted by atomic mass is 9.42. The Hall–Kier alpha value is -0.650. The van der Waals surface area contributed by atoms with Gasteiger partial charge in [-0.2, -0.15) is 0 Å². The Balaban J connectivity index is 1.52. The Morgan fingerprint density at radius 3 is 2.46 bits per heavy atom. The van der Waals surface area contributed by atoms with Crippen LogP contribution in [0.5, 0.6) is 0 Å². The molecule has 4 atom stereocenters. The molecule has 4 unspecified atom stereocenters. The third-order valence-electron chi connectivity index (χ3n) is 7.43. The quantitative estimate of drug-likeness (QED) is 0.811. The van der Waals surface area contributed by atoms with E-state index >= 15 is 0 Å². The molecule has 1 amide bonds. The number of carbonyl (C=O) groups is 1. The smallest absolute Gasteiger partial charge is 0.229 e. The SMILES string of the molecule is CCC12CC3CC(O)(C1)CC(C(=O)N1CCN(CCO)CC1)(C3)C2. The minimum absolute atomic E-state index is 0.186. The molecule has 136 valence electrons. The van der Waals surface area contributed by atoms with Gasteiger partial charge in [0.2, 0.25) is 5.91 Å². The van der Waals surface area contributed by atoms with Crippen LogP contribution in [0.2, 0.25) is 0 Å². The van der Waals surface area contributed by atoms with Crippen molar-refractivity contribution < 1.29 is 15.0 Å². The number of carbonyl (C=O) groups excluding carboxylic acids is 1. The van der Waals surface area contributed by atoms with Gasteiger partial charge in [0.25, 0.3) is 0 Å². The van der Waals surface area contributed by atoms with Crippen molar-refractivity contribution >= 4 is 5.91 Å². The van der Waals surface area contributed by atoms with Crippen LogP contribution in [0.15, 0.2) is 0 Å². The largest absolute Gasteiger partial charge is 0.395 e. The van der Waals surface area contributed by atoms with Crippen molar-refractivity contribution in [3.8, 4) is 0 Å². The molecule has 5 aliphatic rings. The predicted octanol–water partition coefficient (Wildman–Crippen LogP) is 1.23. The highest BCUT2D eigenvalue weighted by Gasteiger charge is 2.65. The van der Waals surface area contributed by atoms with Crippen LogP contribution in [0.25, 0.3) is 0 Å². The Bertz CT molecular complexity index is 519. The lowest BCUT2D eigenvalue weighted by Crippen LogP contribution is -2.65. The number of amides is 1. The number of piperazine rings is 1. The molecule has 1 heterocycles. The van der Waals surface area contributed by atoms with Crippen LogP contribution in [0.4, 0.5) is 0 Å². The molecule has 0 spiro atoms. The fourth-order valence-corrected chi connectivity index (χ4v) is 6.87. The van der Waals surface area contributed by atoms with E-state index in [1.54, 1.807) is 0 Å². The molecule has 1 saturated heterocycles. The van der Waals surface area contributed by atoms with E-state index in [2.05, 4.69) is 11.8 Å². The second-order valence-corrected chi connectivity index (χ2v) is 9.22. The summed E-state index contributed by atoms with van der Waals surface area (Å²) in [4.78, 5) is 17.7. The van der Waals surface area contributed by atoms with Crippen LogP contribution in [0.1, 0.15) is 51.9 Å². The van der Waals surface area contributed by atoms with E-state index in [1.165, 1.54) is 6.42 Å². The predicted molar refractivity (Wildman–Crippen MR) is 91.4 cm³/mol. The van der Waals surface area contributed by atoms with Gasteiger partial charge in [0.15, 0.2) is 0 Å². The van der Waals surface area contributed by atoms with Crippen molar-refractivity contribution in [1.29, 1.82) is 0 Å². The van der Waals surface area contributed by atoms with Gasteiger partial charge in [-0.3, -0.25) is 9.69 Å². The van der Waals surface area contributed by atoms with Crippen LogP contribution < -0.4 is 0 Å². The number of β-amino-alcohol motifs (C(OH)–C–C–N with tert-alkyl or cyclic N) is 1. The van der Waals surface area contributed by atoms with E-state index in [0.717, 1.165) is 58.3 Å². The first-order valence-electron chi connectivity index (χ1n) is 9.77. The van der Waals surface area contributed by atoms with E-state index < -0.39 is 5.60 Å². The Morgan fingerprint density at radius 1 is 1.08 bits per heavy atom. The highest BCUT2D eigenvalue weighted by molar-refractivity contribution is 5.83. The molecular weight excluding hydrogens is 304 g/mol. The maximum absolute atomic E-state index is 13.5. The fourth-order valence-electron chi connectivity index (χ4n) is 6.87. The normalized spacial score (nSPS) is 45.0. The van der Waals surface area contributed by atoms with Crippen LogP contribution in [0.3, 0.4) is 0 Å². The molecule has 5 heteroatoms. The molecule has 0 aromatic heterocycles. The third-order valence-corrected chi connectivity index (χ3v) is 7.43. The minimum atomic E-state index is -0.593. The number of rotatable bonds is 4. The Kier molecular flexibility index (Phi) is 3.98. The summed E-state index contributed by atoms with van der Waals surface area (Å²) in [5.74, 6) is 0.845. The minimum Gasteiger partial charge on any atom is -0.395 e. The third kappa shape index (κ3) is 2.60. The molecule has 0 aromatic carbocycles. The first-order chi connectivity index (χ1) is 11.4. The van der Waals surface area contributed by atoms with Gasteiger partial charge in [0.1, 0.15) is 0 Å². The van der Waals surface area contributed by atoms with E-state index in [4.69, 9.17) is 5.11 Å². The monoisotopic (exact) mass is 336 g/mol. The zero-order valence-electron chi connectivity index (χ0n) is 15.0. The van der Waals surface area contributed by atoms with Gasteiger partial charge < -0.3 is 15.1 Å². The molecule has 0 radical (unpaired) electrons. The van der Waals surface area contributed by atoms with Crippen molar-refractivity contribution in [3.05, 3.63) is 0 Å². The zero-order chi connectivity index (χ0) is 17.0. The summed E-state index contributed by atoms with van der Waals surface area (Å²) < 4.78 is 0. The molecule has 5 rings (SSSR count). The van der Waals surface area contributed by atoms with Crippen LogP contribution in [-0.4, -0.2) is 70.9 Å². The van der Waals surface area contributed by atoms with Gasteiger partial charge >= 0.3 is 0 Å². The molecule has 4 aliphatic carbocycles. The summed E-state index contributed by atoms with van der Waals surface area (Å²) in [7, 11) is 0. The van der Waals surface area contributed by atoms with Crippen LogP contribution in [0, 0.1) is 16.7 Å². The van der Waals surface area contributed by atoms with E-state index in [-0.39, 0.29) is 17.4 Å². The van der Waals surface area contributed by atoms with Gasteiger partial charge in [-0.1, -0.05) is 13.3 Å². The molecule has 0 aromatic rings. The second kappa shape index (κ2) is 5.68. The summed E-state index contributed by atoms with van der Waals surface area (Å²) in [6.45, 7) is 6.37. The zero-order valence-corrected chi connectivity index (χ0v) is 15.0. The van der Waals surface area contributed by atoms with Gasteiger partial charge in [0, 0.05) is 32.7 Å². The maximum atomic E-state index is 13.5. The van der Waals surface area contributed by atoms with Gasteiger partial charge in [0.05, 0.1) is 17.6 Å². The summed E-state index contributed by atoms with van der Waals surface area (Å²) >= 11 is 0. The molecule has 1 aliphatic heterocycles. The van der Waals surface area contributed by atoms with Crippen LogP contribution in [-0.2, 0) is 4.79 Å². The molecule has 2 N–H and O–H groups in total. The van der Waals surface area contributed by atoms with Crippen molar-refractivity contribution in [2.45, 2.75) is 57.5 Å². The maximum Gasteiger partial charge on any atom is 0.229 e. The number of hydrogen-bond donors (Lipinski definition) is 2. The topological polar surface area (TPSA) is 64.0 Å². The standard InChI is InChI=1S/C19H32N2O3/c1-2-17-9-15-10-18(12-17,14-19(24,11-15)13-17)16(23)21-5-3-20(4-6-21)7-8-22/h15,22,24H,2-14H2,1H3. The Labute approximate surface area is 145 Å². The molecule has 4 bridgehead atoms. The van der Waals surface area contributed by atoms with Crippen molar-refractivity contribution in [3.63, 3.8) is 0 Å². The van der Waals surface area contributed by atoms with Crippen molar-refractivity contribution in [1.82, 2.24) is 9.80 Å². The number of aliphatic hydroxyl groups is 2. The summed E-state index contributed by atoms with van der Waals surface area (Å²) in [6, 6.07) is 0. The summed E-state index contributed by atoms with van der Waals surface area (Å²) in [5.41, 5.74) is -0.699. The first kappa shape index (κ1) is 16.8. The average Bonchev–Trinajstić information content (AvgIpc) is 2.53. The van der Waals surface area contributed by atoms with Crippen molar-refractivity contribution in [2.24, 2.45) is 16.7 Å². The van der Waals surface area contributed by atoms with E-state index in [9.17, 15) is 9.90 Å². The van der Waals surface area contributed by atoms with Crippen molar-refractivity contribution in [2.75, 3.05) is 39.3 Å². The molecular formula is C19H32N2O3. The van der Waals surface area contributed by atoms with Gasteiger partial charge in [-0.05, 0) is 49.9 Å². The second-order valence-electron chi connectivity index (χ2n) is 9.22. The lowest BCUT2D eigenvalue weighted by Gasteiger charge is -2.65. The number of nitrogens with zero attached hydrogens (tertiary/aromatic N) is 2. The highest BCUT2D eigenvalue weighted by Crippen LogP contribution is 2.68. The summed E-state index contributed by atoms with van der Waals surface area (Å²) in [5, 5.41) is 20.2. The fraction of sp³-hybridized carbons (Fsp3) is 0.947.